The summed E-state index contributed by atoms with van der Waals surface area (Å²) in [6.07, 6.45) is 2.03. The normalized spacial score (nSPS) is 13.4. The molecule has 0 atom stereocenters. The van der Waals surface area contributed by atoms with Crippen molar-refractivity contribution in [1.82, 2.24) is 9.97 Å². The first-order chi connectivity index (χ1) is 11.9. The molecular weight excluding hydrogens is 338 g/mol. The number of nitrogens with one attached hydrogen (secondary N) is 1. The minimum atomic E-state index is 0.102. The van der Waals surface area contributed by atoms with E-state index in [1.54, 1.807) is 18.1 Å². The van der Waals surface area contributed by atoms with Gasteiger partial charge in [-0.05, 0) is 44.5 Å². The quantitative estimate of drug-likeness (QED) is 0.883. The zero-order valence-electron chi connectivity index (χ0n) is 14.9. The Morgan fingerprint density at radius 3 is 2.84 bits per heavy atom. The molecule has 0 fully saturated rings. The molecule has 1 aromatic heterocycles. The van der Waals surface area contributed by atoms with Crippen LogP contribution in [0.15, 0.2) is 24.4 Å². The molecule has 1 aromatic carbocycles. The van der Waals surface area contributed by atoms with E-state index < -0.39 is 0 Å². The molecule has 6 nitrogen and oxygen atoms in total. The molecule has 0 bridgehead atoms. The Balaban J connectivity index is 1.88. The molecule has 132 valence electrons. The van der Waals surface area contributed by atoms with Crippen molar-refractivity contribution in [2.45, 2.75) is 33.2 Å². The predicted molar refractivity (Wildman–Crippen MR) is 102 cm³/mol. The first-order valence-electron chi connectivity index (χ1n) is 8.36. The summed E-state index contributed by atoms with van der Waals surface area (Å²) in [6, 6.07) is 6.12. The number of nitrogens with zero attached hydrogens (tertiary/aromatic N) is 4. The number of carbonyl (C=O) groups excluding carboxylic acids is 1. The molecule has 0 spiro atoms. The number of fused-ring (bicyclic) bond motifs is 1. The lowest BCUT2D eigenvalue weighted by Gasteiger charge is -2.25. The van der Waals surface area contributed by atoms with E-state index in [4.69, 9.17) is 11.6 Å². The van der Waals surface area contributed by atoms with Crippen LogP contribution >= 0.6 is 11.6 Å². The first kappa shape index (κ1) is 17.5. The fourth-order valence-corrected chi connectivity index (χ4v) is 3.14. The zero-order valence-corrected chi connectivity index (χ0v) is 15.6. The van der Waals surface area contributed by atoms with Crippen molar-refractivity contribution in [3.8, 4) is 0 Å². The Bertz CT molecular complexity index is 808. The maximum atomic E-state index is 11.8. The number of rotatable bonds is 5. The second-order valence-corrected chi connectivity index (χ2v) is 6.75. The van der Waals surface area contributed by atoms with Gasteiger partial charge < -0.3 is 15.1 Å². The van der Waals surface area contributed by atoms with Crippen LogP contribution in [0.25, 0.3) is 0 Å². The maximum Gasteiger partial charge on any atom is 0.231 e. The fourth-order valence-electron chi connectivity index (χ4n) is 3.01. The van der Waals surface area contributed by atoms with Crippen LogP contribution in [-0.2, 0) is 11.2 Å². The number of anilines is 4. The van der Waals surface area contributed by atoms with E-state index in [1.807, 2.05) is 18.2 Å². The topological polar surface area (TPSA) is 61.4 Å². The number of amides is 1. The molecular formula is C18H22ClN5O. The minimum absolute atomic E-state index is 0.102. The number of aromatic nitrogens is 2. The van der Waals surface area contributed by atoms with Gasteiger partial charge >= 0.3 is 0 Å². The van der Waals surface area contributed by atoms with Crippen molar-refractivity contribution in [2.24, 2.45) is 0 Å². The van der Waals surface area contributed by atoms with Crippen LogP contribution in [0.5, 0.6) is 0 Å². The number of benzene rings is 1. The summed E-state index contributed by atoms with van der Waals surface area (Å²) in [5.74, 6) is 1.30. The summed E-state index contributed by atoms with van der Waals surface area (Å²) >= 11 is 6.27. The summed E-state index contributed by atoms with van der Waals surface area (Å²) in [5.41, 5.74) is 2.79. The van der Waals surface area contributed by atoms with Gasteiger partial charge in [-0.25, -0.2) is 4.98 Å². The van der Waals surface area contributed by atoms with Crippen molar-refractivity contribution in [3.63, 3.8) is 0 Å². The van der Waals surface area contributed by atoms with Crippen LogP contribution in [0.1, 0.15) is 26.3 Å². The van der Waals surface area contributed by atoms with Gasteiger partial charge in [-0.2, -0.15) is 4.98 Å². The monoisotopic (exact) mass is 359 g/mol. The van der Waals surface area contributed by atoms with Crippen LogP contribution < -0.4 is 15.1 Å². The third kappa shape index (κ3) is 3.39. The van der Waals surface area contributed by atoms with Crippen LogP contribution in [0, 0.1) is 0 Å². The van der Waals surface area contributed by atoms with E-state index in [-0.39, 0.29) is 5.91 Å². The summed E-state index contributed by atoms with van der Waals surface area (Å²) in [6.45, 7) is 7.08. The molecule has 0 unspecified atom stereocenters. The number of hydrogen-bond donors (Lipinski definition) is 1. The lowest BCUT2D eigenvalue weighted by Crippen LogP contribution is -2.32. The van der Waals surface area contributed by atoms with Crippen molar-refractivity contribution in [1.29, 1.82) is 0 Å². The molecule has 0 saturated carbocycles. The second kappa shape index (κ2) is 6.88. The average molecular weight is 360 g/mol. The lowest BCUT2D eigenvalue weighted by molar-refractivity contribution is -0.117. The number of carbonyl (C=O) groups is 1. The van der Waals surface area contributed by atoms with Gasteiger partial charge in [0, 0.05) is 31.0 Å². The molecule has 25 heavy (non-hydrogen) atoms. The Hall–Kier alpha value is -2.34. The van der Waals surface area contributed by atoms with E-state index in [2.05, 4.69) is 41.0 Å². The summed E-state index contributed by atoms with van der Waals surface area (Å²) < 4.78 is 0. The van der Waals surface area contributed by atoms with Gasteiger partial charge in [0.1, 0.15) is 5.02 Å². The Morgan fingerprint density at radius 2 is 2.16 bits per heavy atom. The number of likely N-dealkylation sites (N-methyl/N-ethyl adjacent to an activating group) is 1. The highest BCUT2D eigenvalue weighted by Crippen LogP contribution is 2.32. The Morgan fingerprint density at radius 1 is 1.40 bits per heavy atom. The third-order valence-corrected chi connectivity index (χ3v) is 4.65. The Labute approximate surface area is 152 Å². The van der Waals surface area contributed by atoms with Crippen LogP contribution in [0.4, 0.5) is 23.1 Å². The molecule has 1 aliphatic rings. The summed E-state index contributed by atoms with van der Waals surface area (Å²) in [4.78, 5) is 24.5. The van der Waals surface area contributed by atoms with Gasteiger partial charge in [-0.1, -0.05) is 11.6 Å². The van der Waals surface area contributed by atoms with Gasteiger partial charge in [0.25, 0.3) is 0 Å². The SMILES string of the molecule is CCN(c1ncc(Cl)c(Nc2ccc3c(c2)CC(=O)N3C)n1)C(C)C. The van der Waals surface area contributed by atoms with Crippen molar-refractivity contribution in [3.05, 3.63) is 35.0 Å². The zero-order chi connectivity index (χ0) is 18.1. The molecule has 2 heterocycles. The molecule has 0 aliphatic carbocycles. The Kier molecular flexibility index (Phi) is 4.81. The van der Waals surface area contributed by atoms with Crippen LogP contribution in [0.2, 0.25) is 5.02 Å². The van der Waals surface area contributed by atoms with E-state index >= 15 is 0 Å². The highest BCUT2D eigenvalue weighted by molar-refractivity contribution is 6.32. The van der Waals surface area contributed by atoms with E-state index in [0.717, 1.165) is 23.5 Å². The molecule has 1 aliphatic heterocycles. The molecule has 7 heteroatoms. The van der Waals surface area contributed by atoms with Gasteiger partial charge in [0.05, 0.1) is 12.6 Å². The fraction of sp³-hybridized carbons (Fsp3) is 0.389. The van der Waals surface area contributed by atoms with Crippen molar-refractivity contribution >= 4 is 40.6 Å². The van der Waals surface area contributed by atoms with Gasteiger partial charge in [-0.15, -0.1) is 0 Å². The lowest BCUT2D eigenvalue weighted by atomic mass is 10.1. The number of hydrogen-bond acceptors (Lipinski definition) is 5. The smallest absolute Gasteiger partial charge is 0.231 e. The first-order valence-corrected chi connectivity index (χ1v) is 8.74. The molecule has 1 amide bonds. The molecule has 2 aromatic rings. The van der Waals surface area contributed by atoms with Gasteiger partial charge in [-0.3, -0.25) is 4.79 Å². The maximum absolute atomic E-state index is 11.8. The van der Waals surface area contributed by atoms with E-state index in [0.29, 0.717) is 29.3 Å². The summed E-state index contributed by atoms with van der Waals surface area (Å²) in [5, 5.41) is 3.71. The standard InChI is InChI=1S/C18H22ClN5O/c1-5-24(11(2)3)18-20-10-14(19)17(22-18)21-13-6-7-15-12(8-13)9-16(25)23(15)4/h6-8,10-11H,5,9H2,1-4H3,(H,20,21,22). The van der Waals surface area contributed by atoms with E-state index in [9.17, 15) is 4.79 Å². The third-order valence-electron chi connectivity index (χ3n) is 4.37. The van der Waals surface area contributed by atoms with E-state index in [1.165, 1.54) is 0 Å². The van der Waals surface area contributed by atoms with Crippen LogP contribution in [-0.4, -0.2) is 35.5 Å². The van der Waals surface area contributed by atoms with Crippen molar-refractivity contribution < 1.29 is 4.79 Å². The minimum Gasteiger partial charge on any atom is -0.339 e. The molecule has 3 rings (SSSR count). The van der Waals surface area contributed by atoms with Crippen LogP contribution in [0.3, 0.4) is 0 Å². The van der Waals surface area contributed by atoms with Gasteiger partial charge in [0.15, 0.2) is 5.82 Å². The predicted octanol–water partition coefficient (Wildman–Crippen LogP) is 3.63. The van der Waals surface area contributed by atoms with Crippen molar-refractivity contribution in [2.75, 3.05) is 28.7 Å². The molecule has 1 N–H and O–H groups in total. The number of halogens is 1. The molecule has 0 saturated heterocycles. The average Bonchev–Trinajstić information content (AvgIpc) is 2.85. The molecule has 0 radical (unpaired) electrons. The largest absolute Gasteiger partial charge is 0.339 e. The highest BCUT2D eigenvalue weighted by atomic mass is 35.5. The highest BCUT2D eigenvalue weighted by Gasteiger charge is 2.24. The second-order valence-electron chi connectivity index (χ2n) is 6.34. The summed E-state index contributed by atoms with van der Waals surface area (Å²) in [7, 11) is 1.79. The van der Waals surface area contributed by atoms with Gasteiger partial charge in [0.2, 0.25) is 11.9 Å².